The first-order valence-corrected chi connectivity index (χ1v) is 8.90. The second-order valence-corrected chi connectivity index (χ2v) is 7.35. The Morgan fingerprint density at radius 3 is 3.14 bits per heavy atom. The van der Waals surface area contributed by atoms with Gasteiger partial charge >= 0.3 is 0 Å². The lowest BCUT2D eigenvalue weighted by Gasteiger charge is -2.33. The van der Waals surface area contributed by atoms with Gasteiger partial charge in [-0.3, -0.25) is 0 Å². The molecular formula is C13H19N5O2S. The van der Waals surface area contributed by atoms with Crippen molar-refractivity contribution in [2.45, 2.75) is 12.8 Å². The summed E-state index contributed by atoms with van der Waals surface area (Å²) in [5.41, 5.74) is 0.830. The van der Waals surface area contributed by atoms with E-state index in [0.717, 1.165) is 42.8 Å². The van der Waals surface area contributed by atoms with E-state index in [-0.39, 0.29) is 0 Å². The van der Waals surface area contributed by atoms with E-state index in [1.807, 2.05) is 12.3 Å². The van der Waals surface area contributed by atoms with Crippen LogP contribution in [0.3, 0.4) is 0 Å². The van der Waals surface area contributed by atoms with Crippen molar-refractivity contribution >= 4 is 26.9 Å². The number of rotatable bonds is 4. The summed E-state index contributed by atoms with van der Waals surface area (Å²) in [6.45, 7) is 2.23. The van der Waals surface area contributed by atoms with Crippen molar-refractivity contribution in [2.24, 2.45) is 5.92 Å². The molecule has 1 atom stereocenters. The maximum Gasteiger partial charge on any atom is 0.208 e. The molecule has 2 aromatic heterocycles. The highest BCUT2D eigenvalue weighted by atomic mass is 32.2. The number of nitrogens with zero attached hydrogens (tertiary/aromatic N) is 3. The molecule has 0 spiro atoms. The largest absolute Gasteiger partial charge is 0.356 e. The zero-order valence-electron chi connectivity index (χ0n) is 11.9. The SMILES string of the molecule is CS(=O)(=O)NCC1CCCN(c2ncnc3[nH]ccc23)C1. The molecule has 0 radical (unpaired) electrons. The standard InChI is InChI=1S/C13H19N5O2S/c1-21(19,20)17-7-10-3-2-6-18(8-10)13-11-4-5-14-12(11)15-9-16-13/h4-5,9-10,17H,2-3,6-8H2,1H3,(H,14,15,16). The van der Waals surface area contributed by atoms with Gasteiger partial charge in [0.1, 0.15) is 17.8 Å². The Kier molecular flexibility index (Phi) is 3.81. The van der Waals surface area contributed by atoms with E-state index in [2.05, 4.69) is 24.6 Å². The Morgan fingerprint density at radius 2 is 2.33 bits per heavy atom. The zero-order chi connectivity index (χ0) is 14.9. The van der Waals surface area contributed by atoms with Crippen molar-refractivity contribution in [1.29, 1.82) is 0 Å². The number of piperidine rings is 1. The van der Waals surface area contributed by atoms with E-state index < -0.39 is 10.0 Å². The van der Waals surface area contributed by atoms with Crippen molar-refractivity contribution in [3.63, 3.8) is 0 Å². The molecule has 1 saturated heterocycles. The molecular weight excluding hydrogens is 290 g/mol. The summed E-state index contributed by atoms with van der Waals surface area (Å²) in [5, 5.41) is 1.01. The predicted molar refractivity (Wildman–Crippen MR) is 81.7 cm³/mol. The zero-order valence-corrected chi connectivity index (χ0v) is 12.7. The highest BCUT2D eigenvalue weighted by molar-refractivity contribution is 7.88. The summed E-state index contributed by atoms with van der Waals surface area (Å²) in [7, 11) is -3.13. The third-order valence-electron chi connectivity index (χ3n) is 3.79. The normalized spacial score (nSPS) is 20.0. The summed E-state index contributed by atoms with van der Waals surface area (Å²) in [6.07, 6.45) is 6.68. The van der Waals surface area contributed by atoms with E-state index in [1.165, 1.54) is 6.26 Å². The molecule has 1 fully saturated rings. The summed E-state index contributed by atoms with van der Waals surface area (Å²) >= 11 is 0. The van der Waals surface area contributed by atoms with Gasteiger partial charge in [0.05, 0.1) is 11.6 Å². The predicted octanol–water partition coefficient (Wildman–Crippen LogP) is 0.723. The Labute approximate surface area is 123 Å². The monoisotopic (exact) mass is 309 g/mol. The molecule has 0 amide bonds. The Bertz CT molecular complexity index is 727. The van der Waals surface area contributed by atoms with Crippen LogP contribution in [0.15, 0.2) is 18.6 Å². The minimum absolute atomic E-state index is 0.303. The van der Waals surface area contributed by atoms with Crippen LogP contribution in [0.1, 0.15) is 12.8 Å². The van der Waals surface area contributed by atoms with Crippen LogP contribution in [0, 0.1) is 5.92 Å². The van der Waals surface area contributed by atoms with Gasteiger partial charge in [-0.15, -0.1) is 0 Å². The second-order valence-electron chi connectivity index (χ2n) is 5.51. The third kappa shape index (κ3) is 3.33. The molecule has 3 rings (SSSR count). The number of fused-ring (bicyclic) bond motifs is 1. The molecule has 0 bridgehead atoms. The lowest BCUT2D eigenvalue weighted by atomic mass is 9.98. The summed E-state index contributed by atoms with van der Waals surface area (Å²) in [5.74, 6) is 1.22. The molecule has 2 aromatic rings. The van der Waals surface area contributed by atoms with Crippen LogP contribution < -0.4 is 9.62 Å². The minimum atomic E-state index is -3.13. The summed E-state index contributed by atoms with van der Waals surface area (Å²) in [6, 6.07) is 1.98. The molecule has 8 heteroatoms. The lowest BCUT2D eigenvalue weighted by Crippen LogP contribution is -2.41. The van der Waals surface area contributed by atoms with E-state index in [9.17, 15) is 8.42 Å². The highest BCUT2D eigenvalue weighted by Gasteiger charge is 2.23. The van der Waals surface area contributed by atoms with Crippen molar-refractivity contribution in [1.82, 2.24) is 19.7 Å². The lowest BCUT2D eigenvalue weighted by molar-refractivity contribution is 0.410. The van der Waals surface area contributed by atoms with Crippen LogP contribution in [0.4, 0.5) is 5.82 Å². The van der Waals surface area contributed by atoms with Crippen LogP contribution in [0.2, 0.25) is 0 Å². The second kappa shape index (κ2) is 5.61. The molecule has 0 saturated carbocycles. The average molecular weight is 309 g/mol. The fraction of sp³-hybridized carbons (Fsp3) is 0.538. The minimum Gasteiger partial charge on any atom is -0.356 e. The Balaban J connectivity index is 1.75. The van der Waals surface area contributed by atoms with Crippen LogP contribution in [-0.2, 0) is 10.0 Å². The van der Waals surface area contributed by atoms with Crippen molar-refractivity contribution in [3.05, 3.63) is 18.6 Å². The number of sulfonamides is 1. The van der Waals surface area contributed by atoms with Gasteiger partial charge in [-0.05, 0) is 24.8 Å². The molecule has 1 aliphatic rings. The van der Waals surface area contributed by atoms with Crippen LogP contribution >= 0.6 is 0 Å². The average Bonchev–Trinajstić information content (AvgIpc) is 2.93. The van der Waals surface area contributed by atoms with Crippen LogP contribution in [0.25, 0.3) is 11.0 Å². The quantitative estimate of drug-likeness (QED) is 0.868. The third-order valence-corrected chi connectivity index (χ3v) is 4.48. The molecule has 114 valence electrons. The van der Waals surface area contributed by atoms with E-state index >= 15 is 0 Å². The molecule has 1 unspecified atom stereocenters. The van der Waals surface area contributed by atoms with Crippen molar-refractivity contribution in [2.75, 3.05) is 30.8 Å². The van der Waals surface area contributed by atoms with Gasteiger partial charge in [0.25, 0.3) is 0 Å². The van der Waals surface area contributed by atoms with E-state index in [0.29, 0.717) is 12.5 Å². The number of aromatic nitrogens is 3. The van der Waals surface area contributed by atoms with Crippen LogP contribution in [-0.4, -0.2) is 49.3 Å². The molecule has 2 N–H and O–H groups in total. The van der Waals surface area contributed by atoms with Gasteiger partial charge in [0.15, 0.2) is 0 Å². The topological polar surface area (TPSA) is 91.0 Å². The smallest absolute Gasteiger partial charge is 0.208 e. The fourth-order valence-electron chi connectivity index (χ4n) is 2.80. The molecule has 1 aliphatic heterocycles. The van der Waals surface area contributed by atoms with E-state index in [1.54, 1.807) is 6.33 Å². The maximum atomic E-state index is 11.2. The molecule has 21 heavy (non-hydrogen) atoms. The highest BCUT2D eigenvalue weighted by Crippen LogP contribution is 2.26. The Hall–Kier alpha value is -1.67. The van der Waals surface area contributed by atoms with Gasteiger partial charge in [0, 0.05) is 25.8 Å². The first kappa shape index (κ1) is 14.3. The first-order valence-electron chi connectivity index (χ1n) is 7.00. The number of anilines is 1. The van der Waals surface area contributed by atoms with Crippen molar-refractivity contribution < 1.29 is 8.42 Å². The first-order chi connectivity index (χ1) is 10.0. The van der Waals surface area contributed by atoms with Gasteiger partial charge < -0.3 is 9.88 Å². The van der Waals surface area contributed by atoms with Gasteiger partial charge in [-0.1, -0.05) is 0 Å². The number of nitrogens with one attached hydrogen (secondary N) is 2. The number of H-pyrrole nitrogens is 1. The van der Waals surface area contributed by atoms with Gasteiger partial charge in [-0.25, -0.2) is 23.1 Å². The number of hydrogen-bond acceptors (Lipinski definition) is 5. The number of aromatic amines is 1. The Morgan fingerprint density at radius 1 is 1.48 bits per heavy atom. The summed E-state index contributed by atoms with van der Waals surface area (Å²) < 4.78 is 25.0. The maximum absolute atomic E-state index is 11.2. The molecule has 0 aromatic carbocycles. The molecule has 7 nitrogen and oxygen atoms in total. The summed E-state index contributed by atoms with van der Waals surface area (Å²) in [4.78, 5) is 13.9. The fourth-order valence-corrected chi connectivity index (χ4v) is 3.34. The molecule has 0 aliphatic carbocycles. The number of hydrogen-bond donors (Lipinski definition) is 2. The van der Waals surface area contributed by atoms with Gasteiger partial charge in [0.2, 0.25) is 10.0 Å². The molecule has 3 heterocycles. The van der Waals surface area contributed by atoms with Gasteiger partial charge in [-0.2, -0.15) is 0 Å². The van der Waals surface area contributed by atoms with Crippen molar-refractivity contribution in [3.8, 4) is 0 Å². The van der Waals surface area contributed by atoms with E-state index in [4.69, 9.17) is 0 Å². The van der Waals surface area contributed by atoms with Crippen LogP contribution in [0.5, 0.6) is 0 Å².